The number of nitrogens with zero attached hydrogens (tertiary/aromatic N) is 2. The Balaban J connectivity index is 1.84. The lowest BCUT2D eigenvalue weighted by Gasteiger charge is -2.15. The Morgan fingerprint density at radius 3 is 2.84 bits per heavy atom. The minimum atomic E-state index is 0.0394. The third-order valence-electron chi connectivity index (χ3n) is 3.09. The van der Waals surface area contributed by atoms with Crippen molar-refractivity contribution in [2.45, 2.75) is 43.5 Å². The predicted molar refractivity (Wildman–Crippen MR) is 72.0 cm³/mol. The first-order valence-corrected chi connectivity index (χ1v) is 7.64. The highest BCUT2D eigenvalue weighted by atomic mass is 32.2. The van der Waals surface area contributed by atoms with Crippen molar-refractivity contribution in [3.8, 4) is 0 Å². The van der Waals surface area contributed by atoms with Gasteiger partial charge in [-0.15, -0.1) is 10.2 Å². The predicted octanol–water partition coefficient (Wildman–Crippen LogP) is 0.0359. The van der Waals surface area contributed by atoms with Gasteiger partial charge < -0.3 is 14.6 Å². The van der Waals surface area contributed by atoms with Gasteiger partial charge in [0, 0.05) is 12.5 Å². The maximum atomic E-state index is 11.5. The zero-order valence-corrected chi connectivity index (χ0v) is 12.4. The highest BCUT2D eigenvalue weighted by Crippen LogP contribution is 2.21. The summed E-state index contributed by atoms with van der Waals surface area (Å²) in [5.74, 6) is 1.02. The number of nitrogens with one attached hydrogen (secondary N) is 2. The number of aromatic nitrogens is 2. The fourth-order valence-electron chi connectivity index (χ4n) is 1.87. The maximum absolute atomic E-state index is 11.5. The van der Waals surface area contributed by atoms with Gasteiger partial charge in [-0.25, -0.2) is 0 Å². The standard InChI is InChI=1S/C12H20N4O2S/c1-4-9(16(2)3)11-14-15-12(18-11)19-7-10(17)13-8-5-6-8/h8-9H,4-7H2,1-3H3,(H,13,17)/p+1/t9-/m1/s1. The van der Waals surface area contributed by atoms with Gasteiger partial charge in [0.05, 0.1) is 19.8 Å². The topological polar surface area (TPSA) is 72.5 Å². The molecule has 1 fully saturated rings. The molecular formula is C12H21N4O2S+. The minimum absolute atomic E-state index is 0.0394. The van der Waals surface area contributed by atoms with Crippen LogP contribution in [0.4, 0.5) is 0 Å². The Bertz CT molecular complexity index is 431. The minimum Gasteiger partial charge on any atom is -0.410 e. The van der Waals surface area contributed by atoms with E-state index in [1.807, 2.05) is 0 Å². The van der Waals surface area contributed by atoms with E-state index in [0.717, 1.165) is 19.3 Å². The number of amides is 1. The molecule has 106 valence electrons. The molecule has 2 rings (SSSR count). The fourth-order valence-corrected chi connectivity index (χ4v) is 2.45. The number of hydrogen-bond donors (Lipinski definition) is 2. The van der Waals surface area contributed by atoms with Crippen LogP contribution in [0.2, 0.25) is 0 Å². The van der Waals surface area contributed by atoms with E-state index in [1.54, 1.807) is 0 Å². The van der Waals surface area contributed by atoms with Gasteiger partial charge in [0.25, 0.3) is 11.1 Å². The van der Waals surface area contributed by atoms with Crippen molar-refractivity contribution in [3.05, 3.63) is 5.89 Å². The largest absolute Gasteiger partial charge is 0.410 e. The molecule has 1 aromatic heterocycles. The molecule has 1 aliphatic carbocycles. The van der Waals surface area contributed by atoms with Crippen molar-refractivity contribution < 1.29 is 14.1 Å². The number of rotatable bonds is 7. The number of quaternary nitrogens is 1. The summed E-state index contributed by atoms with van der Waals surface area (Å²) in [5, 5.41) is 11.5. The van der Waals surface area contributed by atoms with Crippen LogP contribution in [0.5, 0.6) is 0 Å². The monoisotopic (exact) mass is 285 g/mol. The molecule has 1 atom stereocenters. The SMILES string of the molecule is CC[C@H](c1nnc(SCC(=O)NC2CC2)o1)[NH+](C)C. The number of hydrogen-bond acceptors (Lipinski definition) is 5. The Morgan fingerprint density at radius 1 is 1.53 bits per heavy atom. The van der Waals surface area contributed by atoms with Crippen molar-refractivity contribution in [2.24, 2.45) is 0 Å². The zero-order valence-electron chi connectivity index (χ0n) is 11.6. The van der Waals surface area contributed by atoms with E-state index in [4.69, 9.17) is 4.42 Å². The summed E-state index contributed by atoms with van der Waals surface area (Å²) >= 11 is 1.30. The second-order valence-electron chi connectivity index (χ2n) is 5.07. The highest BCUT2D eigenvalue weighted by molar-refractivity contribution is 7.99. The first kappa shape index (κ1) is 14.3. The molecule has 0 aromatic carbocycles. The Kier molecular flexibility index (Phi) is 4.81. The third-order valence-corrected chi connectivity index (χ3v) is 3.91. The molecule has 6 nitrogen and oxygen atoms in total. The molecule has 1 amide bonds. The average molecular weight is 285 g/mol. The zero-order chi connectivity index (χ0) is 13.8. The van der Waals surface area contributed by atoms with Crippen LogP contribution in [0.1, 0.15) is 38.1 Å². The molecule has 0 saturated heterocycles. The first-order chi connectivity index (χ1) is 9.10. The normalized spacial score (nSPS) is 16.6. The average Bonchev–Trinajstić information content (AvgIpc) is 3.04. The molecular weight excluding hydrogens is 264 g/mol. The highest BCUT2D eigenvalue weighted by Gasteiger charge is 2.25. The van der Waals surface area contributed by atoms with E-state index in [0.29, 0.717) is 22.9 Å². The van der Waals surface area contributed by atoms with Gasteiger partial charge in [-0.05, 0) is 12.8 Å². The lowest BCUT2D eigenvalue weighted by molar-refractivity contribution is -0.894. The van der Waals surface area contributed by atoms with E-state index < -0.39 is 0 Å². The van der Waals surface area contributed by atoms with E-state index >= 15 is 0 Å². The Hall–Kier alpha value is -1.08. The maximum Gasteiger partial charge on any atom is 0.277 e. The summed E-state index contributed by atoms with van der Waals surface area (Å²) in [6.45, 7) is 2.10. The fraction of sp³-hybridized carbons (Fsp3) is 0.750. The van der Waals surface area contributed by atoms with Gasteiger partial charge in [-0.3, -0.25) is 4.79 Å². The molecule has 0 bridgehead atoms. The van der Waals surface area contributed by atoms with Gasteiger partial charge in [-0.2, -0.15) is 0 Å². The van der Waals surface area contributed by atoms with Crippen LogP contribution in [-0.2, 0) is 4.79 Å². The van der Waals surface area contributed by atoms with Crippen molar-refractivity contribution in [1.82, 2.24) is 15.5 Å². The summed E-state index contributed by atoms with van der Waals surface area (Å²) in [6.07, 6.45) is 3.15. The Morgan fingerprint density at radius 2 is 2.26 bits per heavy atom. The van der Waals surface area contributed by atoms with Crippen molar-refractivity contribution >= 4 is 17.7 Å². The van der Waals surface area contributed by atoms with E-state index in [-0.39, 0.29) is 11.9 Å². The van der Waals surface area contributed by atoms with Crippen LogP contribution in [0.25, 0.3) is 0 Å². The van der Waals surface area contributed by atoms with Crippen molar-refractivity contribution in [3.63, 3.8) is 0 Å². The van der Waals surface area contributed by atoms with Gasteiger partial charge in [-0.1, -0.05) is 18.7 Å². The summed E-state index contributed by atoms with van der Waals surface area (Å²) in [5.41, 5.74) is 0. The molecule has 0 aliphatic heterocycles. The molecule has 1 saturated carbocycles. The van der Waals surface area contributed by atoms with Crippen molar-refractivity contribution in [2.75, 3.05) is 19.8 Å². The van der Waals surface area contributed by atoms with Crippen LogP contribution in [0.3, 0.4) is 0 Å². The van der Waals surface area contributed by atoms with Crippen LogP contribution < -0.4 is 10.2 Å². The second-order valence-corrected chi connectivity index (χ2v) is 6.00. The summed E-state index contributed by atoms with van der Waals surface area (Å²) in [4.78, 5) is 12.8. The molecule has 1 heterocycles. The van der Waals surface area contributed by atoms with Gasteiger partial charge in [0.2, 0.25) is 5.91 Å². The Labute approximate surface area is 117 Å². The summed E-state index contributed by atoms with van der Waals surface area (Å²) in [6, 6.07) is 0.607. The van der Waals surface area contributed by atoms with Gasteiger partial charge in [0.1, 0.15) is 0 Å². The molecule has 0 radical (unpaired) electrons. The molecule has 7 heteroatoms. The molecule has 1 aliphatic rings. The van der Waals surface area contributed by atoms with Crippen LogP contribution in [0, 0.1) is 0 Å². The smallest absolute Gasteiger partial charge is 0.277 e. The first-order valence-electron chi connectivity index (χ1n) is 6.65. The quantitative estimate of drug-likeness (QED) is 0.692. The van der Waals surface area contributed by atoms with E-state index in [9.17, 15) is 4.79 Å². The van der Waals surface area contributed by atoms with Crippen LogP contribution in [-0.4, -0.2) is 42.0 Å². The van der Waals surface area contributed by atoms with E-state index in [2.05, 4.69) is 36.5 Å². The summed E-state index contributed by atoms with van der Waals surface area (Å²) in [7, 11) is 4.13. The molecule has 19 heavy (non-hydrogen) atoms. The molecule has 0 spiro atoms. The lowest BCUT2D eigenvalue weighted by Crippen LogP contribution is -3.06. The third kappa shape index (κ3) is 4.21. The van der Waals surface area contributed by atoms with Gasteiger partial charge >= 0.3 is 0 Å². The van der Waals surface area contributed by atoms with Gasteiger partial charge in [0.15, 0.2) is 6.04 Å². The molecule has 2 N–H and O–H groups in total. The molecule has 0 unspecified atom stereocenters. The van der Waals surface area contributed by atoms with Crippen LogP contribution in [0.15, 0.2) is 9.64 Å². The van der Waals surface area contributed by atoms with E-state index in [1.165, 1.54) is 16.7 Å². The number of thioether (sulfide) groups is 1. The second kappa shape index (κ2) is 6.38. The molecule has 1 aromatic rings. The number of carbonyl (C=O) groups is 1. The lowest BCUT2D eigenvalue weighted by atomic mass is 10.2. The summed E-state index contributed by atoms with van der Waals surface area (Å²) < 4.78 is 5.61. The number of carbonyl (C=O) groups excluding carboxylic acids is 1. The van der Waals surface area contributed by atoms with Crippen molar-refractivity contribution in [1.29, 1.82) is 0 Å². The van der Waals surface area contributed by atoms with Crippen LogP contribution >= 0.6 is 11.8 Å².